The summed E-state index contributed by atoms with van der Waals surface area (Å²) >= 11 is 6.08. The van der Waals surface area contributed by atoms with Crippen molar-refractivity contribution >= 4 is 22.6 Å². The predicted octanol–water partition coefficient (Wildman–Crippen LogP) is 4.89. The van der Waals surface area contributed by atoms with Crippen molar-refractivity contribution in [3.05, 3.63) is 59.6 Å². The van der Waals surface area contributed by atoms with Gasteiger partial charge in [-0.1, -0.05) is 30.3 Å². The molecule has 0 spiro atoms. The highest BCUT2D eigenvalue weighted by Crippen LogP contribution is 2.37. The second-order valence-electron chi connectivity index (χ2n) is 3.75. The summed E-state index contributed by atoms with van der Waals surface area (Å²) in [4.78, 5) is 0. The molecule has 0 aliphatic rings. The zero-order chi connectivity index (χ0) is 11.8. The van der Waals surface area contributed by atoms with Crippen molar-refractivity contribution in [1.82, 2.24) is 0 Å². The van der Waals surface area contributed by atoms with Gasteiger partial charge in [0.15, 0.2) is 0 Å². The van der Waals surface area contributed by atoms with Crippen molar-refractivity contribution in [2.45, 2.75) is 0 Å². The highest BCUT2D eigenvalue weighted by atomic mass is 35.5. The topological polar surface area (TPSA) is 13.1 Å². The SMILES string of the molecule is Fc1ccc(-c2c(Cl)oc3ccccc23)cc1. The van der Waals surface area contributed by atoms with Gasteiger partial charge in [0, 0.05) is 10.9 Å². The van der Waals surface area contributed by atoms with Crippen LogP contribution in [0.4, 0.5) is 4.39 Å². The molecule has 0 aliphatic carbocycles. The molecule has 0 amide bonds. The minimum Gasteiger partial charge on any atom is -0.444 e. The number of rotatable bonds is 1. The van der Waals surface area contributed by atoms with Crippen LogP contribution in [0.5, 0.6) is 0 Å². The van der Waals surface area contributed by atoms with Crippen LogP contribution in [-0.2, 0) is 0 Å². The molecule has 0 saturated carbocycles. The first-order valence-electron chi connectivity index (χ1n) is 5.18. The van der Waals surface area contributed by atoms with Gasteiger partial charge in [-0.3, -0.25) is 0 Å². The average molecular weight is 247 g/mol. The Labute approximate surface area is 102 Å². The average Bonchev–Trinajstić information content (AvgIpc) is 2.66. The van der Waals surface area contributed by atoms with Gasteiger partial charge in [0.2, 0.25) is 5.22 Å². The lowest BCUT2D eigenvalue weighted by Crippen LogP contribution is -1.78. The summed E-state index contributed by atoms with van der Waals surface area (Å²) in [6, 6.07) is 13.8. The van der Waals surface area contributed by atoms with E-state index >= 15 is 0 Å². The molecule has 0 atom stereocenters. The van der Waals surface area contributed by atoms with Crippen molar-refractivity contribution in [2.24, 2.45) is 0 Å². The first kappa shape index (κ1) is 10.4. The standard InChI is InChI=1S/C14H8ClFO/c15-14-13(9-5-7-10(16)8-6-9)11-3-1-2-4-12(11)17-14/h1-8H. The summed E-state index contributed by atoms with van der Waals surface area (Å²) in [6.07, 6.45) is 0. The van der Waals surface area contributed by atoms with Crippen molar-refractivity contribution in [3.8, 4) is 11.1 Å². The van der Waals surface area contributed by atoms with Crippen LogP contribution in [0.1, 0.15) is 0 Å². The molecule has 3 aromatic rings. The Balaban J connectivity index is 2.29. The third-order valence-corrected chi connectivity index (χ3v) is 2.95. The lowest BCUT2D eigenvalue weighted by molar-refractivity contribution is 0.618. The molecule has 0 radical (unpaired) electrons. The van der Waals surface area contributed by atoms with Crippen LogP contribution in [0.25, 0.3) is 22.1 Å². The van der Waals surface area contributed by atoms with E-state index in [1.165, 1.54) is 12.1 Å². The second kappa shape index (κ2) is 3.90. The maximum Gasteiger partial charge on any atom is 0.202 e. The minimum atomic E-state index is -0.266. The highest BCUT2D eigenvalue weighted by molar-refractivity contribution is 6.33. The van der Waals surface area contributed by atoms with Gasteiger partial charge in [0.25, 0.3) is 0 Å². The predicted molar refractivity (Wildman–Crippen MR) is 66.6 cm³/mol. The van der Waals surface area contributed by atoms with E-state index in [0.717, 1.165) is 22.1 Å². The smallest absolute Gasteiger partial charge is 0.202 e. The van der Waals surface area contributed by atoms with Crippen LogP contribution in [0.3, 0.4) is 0 Å². The van der Waals surface area contributed by atoms with E-state index < -0.39 is 0 Å². The summed E-state index contributed by atoms with van der Waals surface area (Å²) in [5.74, 6) is -0.266. The molecular weight excluding hydrogens is 239 g/mol. The zero-order valence-electron chi connectivity index (χ0n) is 8.78. The molecule has 2 aromatic carbocycles. The fourth-order valence-corrected chi connectivity index (χ4v) is 2.20. The fourth-order valence-electron chi connectivity index (χ4n) is 1.90. The molecule has 1 heterocycles. The Bertz CT molecular complexity index is 670. The Morgan fingerprint density at radius 3 is 2.41 bits per heavy atom. The molecule has 0 N–H and O–H groups in total. The largest absolute Gasteiger partial charge is 0.444 e. The molecule has 17 heavy (non-hydrogen) atoms. The van der Waals surface area contributed by atoms with E-state index in [4.69, 9.17) is 16.0 Å². The lowest BCUT2D eigenvalue weighted by Gasteiger charge is -1.99. The molecule has 3 heteroatoms. The number of furan rings is 1. The highest BCUT2D eigenvalue weighted by Gasteiger charge is 2.13. The summed E-state index contributed by atoms with van der Waals surface area (Å²) in [5.41, 5.74) is 2.39. The van der Waals surface area contributed by atoms with Gasteiger partial charge in [0.1, 0.15) is 11.4 Å². The van der Waals surface area contributed by atoms with Crippen molar-refractivity contribution < 1.29 is 8.81 Å². The van der Waals surface area contributed by atoms with Crippen molar-refractivity contribution in [1.29, 1.82) is 0 Å². The molecule has 0 fully saturated rings. The first-order chi connectivity index (χ1) is 8.25. The second-order valence-corrected chi connectivity index (χ2v) is 4.10. The van der Waals surface area contributed by atoms with E-state index in [2.05, 4.69) is 0 Å². The fraction of sp³-hybridized carbons (Fsp3) is 0. The van der Waals surface area contributed by atoms with Gasteiger partial charge in [-0.25, -0.2) is 4.39 Å². The first-order valence-corrected chi connectivity index (χ1v) is 5.56. The van der Waals surface area contributed by atoms with Crippen LogP contribution in [-0.4, -0.2) is 0 Å². The molecule has 1 aromatic heterocycles. The number of halogens is 2. The number of para-hydroxylation sites is 1. The van der Waals surface area contributed by atoms with Crippen LogP contribution >= 0.6 is 11.6 Å². The third kappa shape index (κ3) is 1.71. The maximum absolute atomic E-state index is 12.9. The van der Waals surface area contributed by atoms with Crippen LogP contribution in [0.2, 0.25) is 5.22 Å². The van der Waals surface area contributed by atoms with Gasteiger partial charge < -0.3 is 4.42 Å². The Kier molecular flexibility index (Phi) is 2.37. The van der Waals surface area contributed by atoms with Gasteiger partial charge in [-0.15, -0.1) is 0 Å². The number of fused-ring (bicyclic) bond motifs is 1. The lowest BCUT2D eigenvalue weighted by atomic mass is 10.0. The number of benzene rings is 2. The molecular formula is C14H8ClFO. The van der Waals surface area contributed by atoms with Crippen LogP contribution < -0.4 is 0 Å². The summed E-state index contributed by atoms with van der Waals surface area (Å²) < 4.78 is 18.3. The van der Waals surface area contributed by atoms with Gasteiger partial charge >= 0.3 is 0 Å². The van der Waals surface area contributed by atoms with E-state index in [0.29, 0.717) is 5.22 Å². The van der Waals surface area contributed by atoms with Gasteiger partial charge in [-0.05, 0) is 35.4 Å². The van der Waals surface area contributed by atoms with E-state index in [1.807, 2.05) is 24.3 Å². The molecule has 0 aliphatic heterocycles. The van der Waals surface area contributed by atoms with Gasteiger partial charge in [0.05, 0.1) is 0 Å². The number of hydrogen-bond acceptors (Lipinski definition) is 1. The molecule has 84 valence electrons. The Morgan fingerprint density at radius 2 is 1.65 bits per heavy atom. The maximum atomic E-state index is 12.9. The Hall–Kier alpha value is -1.80. The van der Waals surface area contributed by atoms with E-state index in [1.54, 1.807) is 12.1 Å². The Morgan fingerprint density at radius 1 is 0.941 bits per heavy atom. The molecule has 0 unspecified atom stereocenters. The monoisotopic (exact) mass is 246 g/mol. The summed E-state index contributed by atoms with van der Waals surface area (Å²) in [5, 5.41) is 1.27. The van der Waals surface area contributed by atoms with Crippen LogP contribution in [0, 0.1) is 5.82 Å². The van der Waals surface area contributed by atoms with Crippen molar-refractivity contribution in [3.63, 3.8) is 0 Å². The summed E-state index contributed by atoms with van der Waals surface area (Å²) in [6.45, 7) is 0. The molecule has 1 nitrogen and oxygen atoms in total. The van der Waals surface area contributed by atoms with E-state index in [-0.39, 0.29) is 5.82 Å². The quantitative estimate of drug-likeness (QED) is 0.596. The molecule has 0 saturated heterocycles. The molecule has 3 rings (SSSR count). The van der Waals surface area contributed by atoms with Crippen molar-refractivity contribution in [2.75, 3.05) is 0 Å². The van der Waals surface area contributed by atoms with Gasteiger partial charge in [-0.2, -0.15) is 0 Å². The minimum absolute atomic E-state index is 0.266. The number of hydrogen-bond donors (Lipinski definition) is 0. The summed E-state index contributed by atoms with van der Waals surface area (Å²) in [7, 11) is 0. The van der Waals surface area contributed by atoms with Crippen LogP contribution in [0.15, 0.2) is 52.9 Å². The normalized spacial score (nSPS) is 10.9. The third-order valence-electron chi connectivity index (χ3n) is 2.69. The molecule has 0 bridgehead atoms. The van der Waals surface area contributed by atoms with E-state index in [9.17, 15) is 4.39 Å². The zero-order valence-corrected chi connectivity index (χ0v) is 9.54.